The first-order valence-electron chi connectivity index (χ1n) is 5.58. The molecule has 96 valence electrons. The maximum absolute atomic E-state index is 12.4. The minimum atomic E-state index is -4.31. The van der Waals surface area contributed by atoms with Crippen LogP contribution in [0.2, 0.25) is 0 Å². The highest BCUT2D eigenvalue weighted by Crippen LogP contribution is 2.30. The Kier molecular flexibility index (Phi) is 3.36. The zero-order chi connectivity index (χ0) is 13.2. The number of halogens is 3. The number of alkyl halides is 3. The molecule has 18 heavy (non-hydrogen) atoms. The molecule has 0 saturated carbocycles. The van der Waals surface area contributed by atoms with Gasteiger partial charge in [-0.05, 0) is 18.6 Å². The molecule has 0 unspecified atom stereocenters. The van der Waals surface area contributed by atoms with Crippen LogP contribution in [0.15, 0.2) is 30.6 Å². The quantitative estimate of drug-likeness (QED) is 0.841. The van der Waals surface area contributed by atoms with E-state index in [4.69, 9.17) is 0 Å². The molecule has 2 aromatic rings. The van der Waals surface area contributed by atoms with Gasteiger partial charge in [0.25, 0.3) is 0 Å². The molecule has 2 rings (SSSR count). The summed E-state index contributed by atoms with van der Waals surface area (Å²) in [4.78, 5) is 0. The van der Waals surface area contributed by atoms with E-state index >= 15 is 0 Å². The third-order valence-corrected chi connectivity index (χ3v) is 2.55. The third kappa shape index (κ3) is 2.52. The first-order valence-corrected chi connectivity index (χ1v) is 5.58. The van der Waals surface area contributed by atoms with E-state index in [2.05, 4.69) is 10.2 Å². The second kappa shape index (κ2) is 4.80. The van der Waals surface area contributed by atoms with Gasteiger partial charge in [-0.2, -0.15) is 13.2 Å². The van der Waals surface area contributed by atoms with Crippen molar-refractivity contribution in [3.8, 4) is 11.4 Å². The molecule has 1 aromatic carbocycles. The normalized spacial score (nSPS) is 11.8. The van der Waals surface area contributed by atoms with Crippen molar-refractivity contribution in [3.63, 3.8) is 0 Å². The molecule has 0 bridgehead atoms. The molecule has 0 N–H and O–H groups in total. The fraction of sp³-hybridized carbons (Fsp3) is 0.333. The van der Waals surface area contributed by atoms with Gasteiger partial charge in [0.2, 0.25) is 0 Å². The molecular formula is C12H12F3N3. The molecule has 0 aliphatic heterocycles. The average molecular weight is 255 g/mol. The first-order chi connectivity index (χ1) is 8.52. The Hall–Kier alpha value is -1.85. The molecule has 0 aliphatic rings. The van der Waals surface area contributed by atoms with Crippen molar-refractivity contribution in [1.82, 2.24) is 14.8 Å². The lowest BCUT2D eigenvalue weighted by molar-refractivity contribution is -0.137. The molecule has 0 amide bonds. The lowest BCUT2D eigenvalue weighted by Gasteiger charge is -2.08. The molecule has 1 aromatic heterocycles. The maximum Gasteiger partial charge on any atom is 0.416 e. The molecule has 3 nitrogen and oxygen atoms in total. The van der Waals surface area contributed by atoms with Gasteiger partial charge in [-0.25, -0.2) is 0 Å². The standard InChI is InChI=1S/C12H12F3N3/c1-2-7-18-8-16-17-11(18)9-3-5-10(6-4-9)12(13,14)15/h3-6,8H,2,7H2,1H3. The lowest BCUT2D eigenvalue weighted by Crippen LogP contribution is -2.04. The van der Waals surface area contributed by atoms with E-state index in [1.807, 2.05) is 11.5 Å². The van der Waals surface area contributed by atoms with Gasteiger partial charge in [-0.15, -0.1) is 10.2 Å². The van der Waals surface area contributed by atoms with Crippen LogP contribution < -0.4 is 0 Å². The maximum atomic E-state index is 12.4. The summed E-state index contributed by atoms with van der Waals surface area (Å²) in [6.07, 6.45) is -1.82. The van der Waals surface area contributed by atoms with Crippen LogP contribution in [-0.4, -0.2) is 14.8 Å². The van der Waals surface area contributed by atoms with E-state index in [1.165, 1.54) is 12.1 Å². The molecule has 1 heterocycles. The van der Waals surface area contributed by atoms with Crippen LogP contribution in [0.1, 0.15) is 18.9 Å². The molecule has 0 aliphatic carbocycles. The second-order valence-corrected chi connectivity index (χ2v) is 3.92. The van der Waals surface area contributed by atoms with Crippen molar-refractivity contribution >= 4 is 0 Å². The Morgan fingerprint density at radius 2 is 1.83 bits per heavy atom. The van der Waals surface area contributed by atoms with Gasteiger partial charge in [0.1, 0.15) is 6.33 Å². The minimum Gasteiger partial charge on any atom is -0.314 e. The van der Waals surface area contributed by atoms with E-state index in [1.54, 1.807) is 6.33 Å². The third-order valence-electron chi connectivity index (χ3n) is 2.55. The van der Waals surface area contributed by atoms with Crippen LogP contribution in [0.5, 0.6) is 0 Å². The van der Waals surface area contributed by atoms with Gasteiger partial charge < -0.3 is 4.57 Å². The van der Waals surface area contributed by atoms with E-state index in [-0.39, 0.29) is 0 Å². The summed E-state index contributed by atoms with van der Waals surface area (Å²) in [6, 6.07) is 4.94. The van der Waals surface area contributed by atoms with Crippen LogP contribution in [0.4, 0.5) is 13.2 Å². The predicted molar refractivity (Wildman–Crippen MR) is 60.8 cm³/mol. The van der Waals surface area contributed by atoms with Crippen LogP contribution >= 0.6 is 0 Å². The molecule has 0 atom stereocenters. The lowest BCUT2D eigenvalue weighted by atomic mass is 10.1. The van der Waals surface area contributed by atoms with E-state index in [0.29, 0.717) is 11.4 Å². The fourth-order valence-electron chi connectivity index (χ4n) is 1.69. The van der Waals surface area contributed by atoms with Crippen molar-refractivity contribution in [1.29, 1.82) is 0 Å². The van der Waals surface area contributed by atoms with Crippen molar-refractivity contribution in [2.45, 2.75) is 26.1 Å². The Morgan fingerprint density at radius 1 is 1.17 bits per heavy atom. The Balaban J connectivity index is 2.32. The molecule has 0 fully saturated rings. The number of rotatable bonds is 3. The van der Waals surface area contributed by atoms with E-state index in [9.17, 15) is 13.2 Å². The summed E-state index contributed by atoms with van der Waals surface area (Å²) < 4.78 is 39.1. The van der Waals surface area contributed by atoms with Crippen LogP contribution in [0.25, 0.3) is 11.4 Å². The van der Waals surface area contributed by atoms with Crippen molar-refractivity contribution in [2.75, 3.05) is 0 Å². The number of benzene rings is 1. The van der Waals surface area contributed by atoms with Gasteiger partial charge in [0, 0.05) is 12.1 Å². The summed E-state index contributed by atoms with van der Waals surface area (Å²) >= 11 is 0. The molecular weight excluding hydrogens is 243 g/mol. The van der Waals surface area contributed by atoms with Gasteiger partial charge >= 0.3 is 6.18 Å². The summed E-state index contributed by atoms with van der Waals surface area (Å²) in [6.45, 7) is 2.75. The average Bonchev–Trinajstić information content (AvgIpc) is 2.77. The molecule has 0 spiro atoms. The fourth-order valence-corrected chi connectivity index (χ4v) is 1.69. The SMILES string of the molecule is CCCn1cnnc1-c1ccc(C(F)(F)F)cc1. The number of nitrogens with zero attached hydrogens (tertiary/aromatic N) is 3. The van der Waals surface area contributed by atoms with Gasteiger partial charge in [0.15, 0.2) is 5.82 Å². The van der Waals surface area contributed by atoms with Crippen LogP contribution in [-0.2, 0) is 12.7 Å². The van der Waals surface area contributed by atoms with Gasteiger partial charge in [0.05, 0.1) is 5.56 Å². The monoisotopic (exact) mass is 255 g/mol. The smallest absolute Gasteiger partial charge is 0.314 e. The zero-order valence-corrected chi connectivity index (χ0v) is 9.78. The van der Waals surface area contributed by atoms with Gasteiger partial charge in [-0.1, -0.05) is 19.1 Å². The van der Waals surface area contributed by atoms with E-state index < -0.39 is 11.7 Å². The second-order valence-electron chi connectivity index (χ2n) is 3.92. The molecule has 6 heteroatoms. The van der Waals surface area contributed by atoms with Crippen molar-refractivity contribution in [2.24, 2.45) is 0 Å². The summed E-state index contributed by atoms with van der Waals surface area (Å²) in [5.41, 5.74) is -0.0262. The number of aryl methyl sites for hydroxylation is 1. The zero-order valence-electron chi connectivity index (χ0n) is 9.78. The highest BCUT2D eigenvalue weighted by atomic mass is 19.4. The van der Waals surface area contributed by atoms with Gasteiger partial charge in [-0.3, -0.25) is 0 Å². The van der Waals surface area contributed by atoms with Crippen molar-refractivity contribution in [3.05, 3.63) is 36.2 Å². The van der Waals surface area contributed by atoms with Crippen LogP contribution in [0, 0.1) is 0 Å². The summed E-state index contributed by atoms with van der Waals surface area (Å²) in [5.74, 6) is 0.588. The summed E-state index contributed by atoms with van der Waals surface area (Å²) in [7, 11) is 0. The number of hydrogen-bond acceptors (Lipinski definition) is 2. The highest BCUT2D eigenvalue weighted by Gasteiger charge is 2.30. The Morgan fingerprint density at radius 3 is 2.39 bits per heavy atom. The largest absolute Gasteiger partial charge is 0.416 e. The molecule has 0 radical (unpaired) electrons. The molecule has 0 saturated heterocycles. The van der Waals surface area contributed by atoms with Crippen LogP contribution in [0.3, 0.4) is 0 Å². The predicted octanol–water partition coefficient (Wildman–Crippen LogP) is 3.37. The Labute approximate surface area is 102 Å². The summed E-state index contributed by atoms with van der Waals surface area (Å²) in [5, 5.41) is 7.71. The minimum absolute atomic E-state index is 0.588. The van der Waals surface area contributed by atoms with E-state index in [0.717, 1.165) is 25.1 Å². The van der Waals surface area contributed by atoms with Crippen molar-refractivity contribution < 1.29 is 13.2 Å². The number of hydrogen-bond donors (Lipinski definition) is 0. The Bertz CT molecular complexity index is 514. The first kappa shape index (κ1) is 12.6. The number of aromatic nitrogens is 3. The topological polar surface area (TPSA) is 30.7 Å². The highest BCUT2D eigenvalue weighted by molar-refractivity contribution is 5.55.